The third-order valence-electron chi connectivity index (χ3n) is 3.86. The summed E-state index contributed by atoms with van der Waals surface area (Å²) in [5.74, 6) is -1.02. The Morgan fingerprint density at radius 2 is 1.65 bits per heavy atom. The molecule has 0 aromatic heterocycles. The summed E-state index contributed by atoms with van der Waals surface area (Å²) in [5, 5.41) is 10.5. The zero-order chi connectivity index (χ0) is 12.7. The molecule has 0 atom stereocenters. The summed E-state index contributed by atoms with van der Waals surface area (Å²) >= 11 is 0. The lowest BCUT2D eigenvalue weighted by Crippen LogP contribution is -2.35. The van der Waals surface area contributed by atoms with Gasteiger partial charge < -0.3 is 5.11 Å². The van der Waals surface area contributed by atoms with Crippen molar-refractivity contribution in [3.63, 3.8) is 0 Å². The highest BCUT2D eigenvalue weighted by Gasteiger charge is 2.39. The van der Waals surface area contributed by atoms with Crippen LogP contribution in [-0.4, -0.2) is 5.11 Å². The first-order valence-corrected chi connectivity index (χ1v) is 6.00. The van der Waals surface area contributed by atoms with Crippen LogP contribution < -0.4 is 0 Å². The zero-order valence-corrected chi connectivity index (χ0v) is 10.3. The molecule has 0 radical (unpaired) electrons. The van der Waals surface area contributed by atoms with Crippen molar-refractivity contribution in [2.24, 2.45) is 5.41 Å². The van der Waals surface area contributed by atoms with E-state index < -0.39 is 17.2 Å². The third kappa shape index (κ3) is 2.49. The van der Waals surface area contributed by atoms with Crippen LogP contribution in [0.5, 0.6) is 0 Å². The molecule has 0 unspecified atom stereocenters. The molecule has 1 nitrogen and oxygen atoms in total. The Labute approximate surface area is 100 Å². The first-order valence-electron chi connectivity index (χ1n) is 6.00. The maximum atomic E-state index is 13.7. The van der Waals surface area contributed by atoms with E-state index in [9.17, 15) is 13.9 Å². The molecule has 1 saturated carbocycles. The van der Waals surface area contributed by atoms with Gasteiger partial charge >= 0.3 is 0 Å². The molecule has 1 fully saturated rings. The van der Waals surface area contributed by atoms with Crippen molar-refractivity contribution in [3.8, 4) is 0 Å². The average Bonchev–Trinajstić information content (AvgIpc) is 2.26. The first-order chi connectivity index (χ1) is 7.82. The highest BCUT2D eigenvalue weighted by Crippen LogP contribution is 2.45. The molecule has 1 aliphatic rings. The Morgan fingerprint density at radius 1 is 1.06 bits per heavy atom. The Bertz CT molecular complexity index is 416. The number of hydrogen-bond acceptors (Lipinski definition) is 1. The molecule has 0 spiro atoms. The molecule has 0 amide bonds. The second-order valence-electron chi connectivity index (χ2n) is 5.82. The van der Waals surface area contributed by atoms with Gasteiger partial charge in [-0.2, -0.15) is 0 Å². The first kappa shape index (κ1) is 12.5. The van der Waals surface area contributed by atoms with E-state index in [1.54, 1.807) is 0 Å². The van der Waals surface area contributed by atoms with E-state index in [1.165, 1.54) is 0 Å². The standard InChI is InChI=1S/C14H18F2O/c1-13(2)5-7-14(17,8-6-13)11-9-10(15)3-4-12(11)16/h3-4,9,17H,5-8H2,1-2H3. The van der Waals surface area contributed by atoms with Crippen LogP contribution in [0.15, 0.2) is 18.2 Å². The quantitative estimate of drug-likeness (QED) is 0.792. The van der Waals surface area contributed by atoms with Crippen molar-refractivity contribution >= 4 is 0 Å². The van der Waals surface area contributed by atoms with Crippen LogP contribution in [0.25, 0.3) is 0 Å². The third-order valence-corrected chi connectivity index (χ3v) is 3.86. The summed E-state index contributed by atoms with van der Waals surface area (Å²) in [6.07, 6.45) is 2.61. The number of aliphatic hydroxyl groups is 1. The molecule has 0 aliphatic heterocycles. The van der Waals surface area contributed by atoms with Crippen molar-refractivity contribution in [3.05, 3.63) is 35.4 Å². The predicted octanol–water partition coefficient (Wildman–Crippen LogP) is 3.75. The second-order valence-corrected chi connectivity index (χ2v) is 5.82. The van der Waals surface area contributed by atoms with E-state index in [2.05, 4.69) is 13.8 Å². The lowest BCUT2D eigenvalue weighted by atomic mass is 9.69. The van der Waals surface area contributed by atoms with Gasteiger partial charge in [-0.25, -0.2) is 8.78 Å². The topological polar surface area (TPSA) is 20.2 Å². The van der Waals surface area contributed by atoms with Gasteiger partial charge in [0.1, 0.15) is 11.6 Å². The van der Waals surface area contributed by atoms with Gasteiger partial charge in [-0.15, -0.1) is 0 Å². The maximum Gasteiger partial charge on any atom is 0.129 e. The highest BCUT2D eigenvalue weighted by molar-refractivity contribution is 5.26. The molecule has 1 aromatic rings. The molecule has 0 heterocycles. The molecular weight excluding hydrogens is 222 g/mol. The van der Waals surface area contributed by atoms with Crippen molar-refractivity contribution in [2.45, 2.75) is 45.1 Å². The van der Waals surface area contributed by atoms with Crippen LogP contribution in [0.1, 0.15) is 45.1 Å². The van der Waals surface area contributed by atoms with Crippen LogP contribution in [-0.2, 0) is 5.60 Å². The minimum atomic E-state index is -1.21. The van der Waals surface area contributed by atoms with Crippen molar-refractivity contribution < 1.29 is 13.9 Å². The zero-order valence-electron chi connectivity index (χ0n) is 10.3. The van der Waals surface area contributed by atoms with Crippen LogP contribution in [0.3, 0.4) is 0 Å². The van der Waals surface area contributed by atoms with Crippen LogP contribution in [0.4, 0.5) is 8.78 Å². The van der Waals surface area contributed by atoms with Gasteiger partial charge in [-0.3, -0.25) is 0 Å². The van der Waals surface area contributed by atoms with Gasteiger partial charge in [0.15, 0.2) is 0 Å². The molecule has 17 heavy (non-hydrogen) atoms. The summed E-state index contributed by atoms with van der Waals surface area (Å²) < 4.78 is 26.8. The monoisotopic (exact) mass is 240 g/mol. The SMILES string of the molecule is CC1(C)CCC(O)(c2cc(F)ccc2F)CC1. The van der Waals surface area contributed by atoms with E-state index in [1.807, 2.05) is 0 Å². The van der Waals surface area contributed by atoms with Gasteiger partial charge in [-0.05, 0) is 49.3 Å². The van der Waals surface area contributed by atoms with Gasteiger partial charge in [0.25, 0.3) is 0 Å². The number of hydrogen-bond donors (Lipinski definition) is 1. The smallest absolute Gasteiger partial charge is 0.129 e. The molecule has 1 N–H and O–H groups in total. The summed E-state index contributed by atoms with van der Waals surface area (Å²) in [6.45, 7) is 4.27. The Balaban J connectivity index is 2.30. The normalized spacial score (nSPS) is 22.4. The van der Waals surface area contributed by atoms with E-state index in [-0.39, 0.29) is 11.0 Å². The van der Waals surface area contributed by atoms with Crippen LogP contribution in [0.2, 0.25) is 0 Å². The summed E-state index contributed by atoms with van der Waals surface area (Å²) in [7, 11) is 0. The fourth-order valence-electron chi connectivity index (χ4n) is 2.46. The average molecular weight is 240 g/mol. The molecule has 1 aliphatic carbocycles. The minimum Gasteiger partial charge on any atom is -0.385 e. The molecule has 1 aromatic carbocycles. The van der Waals surface area contributed by atoms with Gasteiger partial charge in [-0.1, -0.05) is 13.8 Å². The Kier molecular flexibility index (Phi) is 2.98. The Hall–Kier alpha value is -0.960. The summed E-state index contributed by atoms with van der Waals surface area (Å²) in [4.78, 5) is 0. The van der Waals surface area contributed by atoms with Crippen molar-refractivity contribution in [1.82, 2.24) is 0 Å². The van der Waals surface area contributed by atoms with Gasteiger partial charge in [0, 0.05) is 5.56 Å². The summed E-state index contributed by atoms with van der Waals surface area (Å²) in [5.41, 5.74) is -0.925. The maximum absolute atomic E-state index is 13.7. The van der Waals surface area contributed by atoms with Gasteiger partial charge in [0.05, 0.1) is 5.60 Å². The van der Waals surface area contributed by atoms with E-state index in [4.69, 9.17) is 0 Å². The van der Waals surface area contributed by atoms with Crippen molar-refractivity contribution in [2.75, 3.05) is 0 Å². The van der Waals surface area contributed by atoms with Crippen LogP contribution in [0, 0.1) is 17.0 Å². The van der Waals surface area contributed by atoms with E-state index in [0.29, 0.717) is 12.8 Å². The molecular formula is C14H18F2O. The number of rotatable bonds is 1. The molecule has 0 saturated heterocycles. The van der Waals surface area contributed by atoms with Gasteiger partial charge in [0.2, 0.25) is 0 Å². The van der Waals surface area contributed by atoms with Crippen LogP contribution >= 0.6 is 0 Å². The molecule has 2 rings (SSSR count). The van der Waals surface area contributed by atoms with E-state index >= 15 is 0 Å². The van der Waals surface area contributed by atoms with E-state index in [0.717, 1.165) is 31.0 Å². The predicted molar refractivity (Wildman–Crippen MR) is 62.5 cm³/mol. The molecule has 0 bridgehead atoms. The Morgan fingerprint density at radius 3 is 2.24 bits per heavy atom. The van der Waals surface area contributed by atoms with Crippen molar-refractivity contribution in [1.29, 1.82) is 0 Å². The molecule has 3 heteroatoms. The lowest BCUT2D eigenvalue weighted by Gasteiger charge is -2.40. The minimum absolute atomic E-state index is 0.105. The fourth-order valence-corrected chi connectivity index (χ4v) is 2.46. The highest BCUT2D eigenvalue weighted by atomic mass is 19.1. The lowest BCUT2D eigenvalue weighted by molar-refractivity contribution is -0.0333. The summed E-state index contributed by atoms with van der Waals surface area (Å²) in [6, 6.07) is 3.28. The largest absolute Gasteiger partial charge is 0.385 e. The number of halogens is 2. The fraction of sp³-hybridized carbons (Fsp3) is 0.571. The number of benzene rings is 1. The molecule has 94 valence electrons. The second kappa shape index (κ2) is 4.05.